The summed E-state index contributed by atoms with van der Waals surface area (Å²) in [6, 6.07) is 16.1. The molecule has 0 saturated heterocycles. The number of ether oxygens (including phenoxy) is 2. The van der Waals surface area contributed by atoms with Crippen molar-refractivity contribution in [2.75, 3.05) is 0 Å². The molecule has 0 bridgehead atoms. The van der Waals surface area contributed by atoms with E-state index in [4.69, 9.17) is 15.2 Å². The first-order valence-corrected chi connectivity index (χ1v) is 9.46. The lowest BCUT2D eigenvalue weighted by molar-refractivity contribution is 0.0111. The first-order valence-electron chi connectivity index (χ1n) is 8.67. The maximum atomic E-state index is 11.4. The molecular weight excluding hydrogens is 394 g/mol. The first kappa shape index (κ1) is 18.8. The van der Waals surface area contributed by atoms with Gasteiger partial charge >= 0.3 is 6.09 Å². The summed E-state index contributed by atoms with van der Waals surface area (Å²) in [5.74, 6) is 0.973. The van der Waals surface area contributed by atoms with E-state index in [9.17, 15) is 4.79 Å². The van der Waals surface area contributed by atoms with Crippen molar-refractivity contribution in [1.29, 1.82) is 0 Å². The van der Waals surface area contributed by atoms with Crippen LogP contribution in [-0.4, -0.2) is 11.7 Å². The molecule has 0 heterocycles. The van der Waals surface area contributed by atoms with Gasteiger partial charge in [-0.15, -0.1) is 0 Å². The molecule has 0 aliphatic heterocycles. The van der Waals surface area contributed by atoms with Crippen molar-refractivity contribution in [3.05, 3.63) is 64.1 Å². The third kappa shape index (κ3) is 3.88. The Balaban J connectivity index is 1.67. The minimum Gasteiger partial charge on any atom is -0.489 e. The highest BCUT2D eigenvalue weighted by Gasteiger charge is 2.65. The zero-order valence-corrected chi connectivity index (χ0v) is 16.9. The molecule has 1 amide bonds. The van der Waals surface area contributed by atoms with Gasteiger partial charge in [0.25, 0.3) is 0 Å². The largest absolute Gasteiger partial charge is 0.489 e. The highest BCUT2D eigenvalue weighted by atomic mass is 79.9. The summed E-state index contributed by atoms with van der Waals surface area (Å²) in [4.78, 5) is 11.4. The third-order valence-corrected chi connectivity index (χ3v) is 5.53. The molecule has 2 aromatic carbocycles. The van der Waals surface area contributed by atoms with Crippen molar-refractivity contribution in [2.45, 2.75) is 45.3 Å². The van der Waals surface area contributed by atoms with Crippen LogP contribution in [0.25, 0.3) is 0 Å². The van der Waals surface area contributed by atoms with Gasteiger partial charge in [0.2, 0.25) is 0 Å². The van der Waals surface area contributed by atoms with E-state index in [1.165, 1.54) is 0 Å². The van der Waals surface area contributed by atoms with Crippen molar-refractivity contribution < 1.29 is 14.3 Å². The summed E-state index contributed by atoms with van der Waals surface area (Å²) in [5, 5.41) is 0. The van der Waals surface area contributed by atoms with E-state index >= 15 is 0 Å². The molecule has 2 aromatic rings. The molecular formula is C21H24BrNO3. The van der Waals surface area contributed by atoms with Crippen LogP contribution in [0.3, 0.4) is 0 Å². The summed E-state index contributed by atoms with van der Waals surface area (Å²) in [7, 11) is 0. The Bertz CT molecular complexity index is 798. The van der Waals surface area contributed by atoms with Crippen LogP contribution in [0.5, 0.6) is 5.75 Å². The number of benzene rings is 2. The lowest BCUT2D eigenvalue weighted by Gasteiger charge is -2.31. The van der Waals surface area contributed by atoms with E-state index in [-0.39, 0.29) is 11.3 Å². The number of carbonyl (C=O) groups excluding carboxylic acids is 1. The summed E-state index contributed by atoms with van der Waals surface area (Å²) < 4.78 is 12.4. The number of hydrogen-bond donors (Lipinski definition) is 1. The molecule has 4 nitrogen and oxygen atoms in total. The number of primary amides is 1. The number of rotatable bonds is 5. The molecule has 2 N–H and O–H groups in total. The topological polar surface area (TPSA) is 61.5 Å². The van der Waals surface area contributed by atoms with Crippen molar-refractivity contribution in [1.82, 2.24) is 0 Å². The Labute approximate surface area is 162 Å². The second kappa shape index (κ2) is 6.95. The maximum Gasteiger partial charge on any atom is 0.405 e. The Hall–Kier alpha value is -2.01. The number of amides is 1. The molecule has 5 heteroatoms. The smallest absolute Gasteiger partial charge is 0.405 e. The zero-order chi connectivity index (χ0) is 18.9. The Morgan fingerprint density at radius 3 is 2.50 bits per heavy atom. The van der Waals surface area contributed by atoms with Crippen LogP contribution in [0.1, 0.15) is 44.2 Å². The average molecular weight is 418 g/mol. The zero-order valence-electron chi connectivity index (χ0n) is 15.3. The van der Waals surface area contributed by atoms with Crippen LogP contribution in [0.2, 0.25) is 0 Å². The number of halogens is 1. The molecule has 138 valence electrons. The van der Waals surface area contributed by atoms with Crippen molar-refractivity contribution in [2.24, 2.45) is 11.1 Å². The van der Waals surface area contributed by atoms with Gasteiger partial charge in [-0.3, -0.25) is 0 Å². The third-order valence-electron chi connectivity index (χ3n) is 5.04. The lowest BCUT2D eigenvalue weighted by atomic mass is 9.83. The minimum absolute atomic E-state index is 0.161. The number of hydrogen-bond acceptors (Lipinski definition) is 3. The standard InChI is InChI=1S/C21H24BrNO3/c1-20(2,3)21(26-19(23)24)12-18(21)15-7-9-17(10-8-15)25-13-14-5-4-6-16(22)11-14/h4-11,18H,12-13H2,1-3H3,(H2,23,24). The van der Waals surface area contributed by atoms with Crippen LogP contribution in [-0.2, 0) is 11.3 Å². The van der Waals surface area contributed by atoms with E-state index in [0.717, 1.165) is 27.8 Å². The summed E-state index contributed by atoms with van der Waals surface area (Å²) in [6.07, 6.45) is 0.0777. The number of carbonyl (C=O) groups is 1. The van der Waals surface area contributed by atoms with Gasteiger partial charge in [0.05, 0.1) is 0 Å². The van der Waals surface area contributed by atoms with Gasteiger partial charge < -0.3 is 15.2 Å². The molecule has 2 atom stereocenters. The second-order valence-corrected chi connectivity index (χ2v) is 8.72. The molecule has 1 fully saturated rings. The molecule has 3 rings (SSSR count). The van der Waals surface area contributed by atoms with Crippen molar-refractivity contribution in [3.8, 4) is 5.75 Å². The SMILES string of the molecule is CC(C)(C)C1(OC(N)=O)CC1c1ccc(OCc2cccc(Br)c2)cc1. The van der Waals surface area contributed by atoms with Gasteiger partial charge in [0.1, 0.15) is 18.0 Å². The molecule has 1 aliphatic carbocycles. The predicted octanol–water partition coefficient (Wildman–Crippen LogP) is 5.40. The molecule has 1 saturated carbocycles. The summed E-state index contributed by atoms with van der Waals surface area (Å²) >= 11 is 3.46. The normalized spacial score (nSPS) is 21.9. The van der Waals surface area contributed by atoms with Gasteiger partial charge in [0.15, 0.2) is 0 Å². The Morgan fingerprint density at radius 2 is 1.92 bits per heavy atom. The van der Waals surface area contributed by atoms with Gasteiger partial charge in [-0.1, -0.05) is 61.0 Å². The maximum absolute atomic E-state index is 11.4. The fourth-order valence-electron chi connectivity index (χ4n) is 3.50. The van der Waals surface area contributed by atoms with Crippen molar-refractivity contribution in [3.63, 3.8) is 0 Å². The van der Waals surface area contributed by atoms with Crippen LogP contribution >= 0.6 is 15.9 Å². The second-order valence-electron chi connectivity index (χ2n) is 7.80. The number of nitrogens with two attached hydrogens (primary N) is 1. The van der Waals surface area contributed by atoms with E-state index in [1.807, 2.05) is 48.5 Å². The van der Waals surface area contributed by atoms with Crippen LogP contribution in [0, 0.1) is 5.41 Å². The Kier molecular flexibility index (Phi) is 5.02. The molecule has 0 aromatic heterocycles. The quantitative estimate of drug-likeness (QED) is 0.708. The highest BCUT2D eigenvalue weighted by Crippen LogP contribution is 2.63. The van der Waals surface area contributed by atoms with E-state index in [1.54, 1.807) is 0 Å². The molecule has 2 unspecified atom stereocenters. The van der Waals surface area contributed by atoms with Crippen LogP contribution in [0.4, 0.5) is 4.79 Å². The molecule has 1 aliphatic rings. The molecule has 26 heavy (non-hydrogen) atoms. The monoisotopic (exact) mass is 417 g/mol. The van der Waals surface area contributed by atoms with Crippen molar-refractivity contribution >= 4 is 22.0 Å². The average Bonchev–Trinajstić information content (AvgIpc) is 3.28. The van der Waals surface area contributed by atoms with Crippen LogP contribution < -0.4 is 10.5 Å². The molecule has 0 spiro atoms. The van der Waals surface area contributed by atoms with Gasteiger partial charge in [-0.2, -0.15) is 0 Å². The van der Waals surface area contributed by atoms with E-state index in [0.29, 0.717) is 6.61 Å². The fourth-order valence-corrected chi connectivity index (χ4v) is 3.94. The van der Waals surface area contributed by atoms with Gasteiger partial charge in [0, 0.05) is 15.8 Å². The summed E-state index contributed by atoms with van der Waals surface area (Å²) in [6.45, 7) is 6.74. The first-order chi connectivity index (χ1) is 12.2. The molecule has 0 radical (unpaired) electrons. The highest BCUT2D eigenvalue weighted by molar-refractivity contribution is 9.10. The lowest BCUT2D eigenvalue weighted by Crippen LogP contribution is -2.37. The van der Waals surface area contributed by atoms with Gasteiger partial charge in [-0.25, -0.2) is 4.79 Å². The van der Waals surface area contributed by atoms with E-state index in [2.05, 4.69) is 36.7 Å². The fraction of sp³-hybridized carbons (Fsp3) is 0.381. The predicted molar refractivity (Wildman–Crippen MR) is 105 cm³/mol. The minimum atomic E-state index is -0.712. The van der Waals surface area contributed by atoms with E-state index < -0.39 is 11.7 Å². The summed E-state index contributed by atoms with van der Waals surface area (Å²) in [5.41, 5.74) is 6.83. The van der Waals surface area contributed by atoms with Crippen LogP contribution in [0.15, 0.2) is 53.0 Å². The Morgan fingerprint density at radius 1 is 1.23 bits per heavy atom. The van der Waals surface area contributed by atoms with Gasteiger partial charge in [-0.05, 0) is 41.8 Å².